The van der Waals surface area contributed by atoms with Crippen LogP contribution < -0.4 is 14.8 Å². The van der Waals surface area contributed by atoms with Gasteiger partial charge in [-0.2, -0.15) is 0 Å². The monoisotopic (exact) mass is 573 g/mol. The molecule has 1 amide bonds. The Morgan fingerprint density at radius 3 is 2.26 bits per heavy atom. The van der Waals surface area contributed by atoms with Crippen LogP contribution >= 0.6 is 0 Å². The number of benzene rings is 2. The molecule has 2 aromatic rings. The second-order valence-corrected chi connectivity index (χ2v) is 12.4. The van der Waals surface area contributed by atoms with E-state index in [0.29, 0.717) is 25.4 Å². The molecule has 228 valence electrons. The smallest absolute Gasteiger partial charge is 0.232 e. The summed E-state index contributed by atoms with van der Waals surface area (Å²) < 4.78 is 11.8. The number of carbonyl (C=O) groups is 1. The summed E-state index contributed by atoms with van der Waals surface area (Å²) in [5, 5.41) is 12.2. The molecule has 1 fully saturated rings. The van der Waals surface area contributed by atoms with Crippen LogP contribution in [-0.4, -0.2) is 30.8 Å². The molecule has 0 spiro atoms. The van der Waals surface area contributed by atoms with Crippen molar-refractivity contribution in [2.45, 2.75) is 79.1 Å². The van der Waals surface area contributed by atoms with Gasteiger partial charge >= 0.3 is 0 Å². The molecule has 0 radical (unpaired) electrons. The van der Waals surface area contributed by atoms with Gasteiger partial charge in [-0.15, -0.1) is 0 Å². The molecule has 2 N–H and O–H groups in total. The summed E-state index contributed by atoms with van der Waals surface area (Å²) in [4.78, 5) is 13.8. The molecule has 3 rings (SSSR count). The van der Waals surface area contributed by atoms with Gasteiger partial charge in [0.2, 0.25) is 5.91 Å². The highest BCUT2D eigenvalue weighted by Gasteiger charge is 2.23. The van der Waals surface area contributed by atoms with E-state index in [9.17, 15) is 4.79 Å². The van der Waals surface area contributed by atoms with Crippen LogP contribution in [0.4, 0.5) is 5.69 Å². The maximum atomic E-state index is 13.8. The minimum Gasteiger partial charge on any atom is -0.494 e. The van der Waals surface area contributed by atoms with Crippen LogP contribution in [0.2, 0.25) is 0 Å². The molecular weight excluding hydrogens is 522 g/mol. The maximum absolute atomic E-state index is 13.8. The Morgan fingerprint density at radius 1 is 1.00 bits per heavy atom. The van der Waals surface area contributed by atoms with Crippen LogP contribution in [0.5, 0.6) is 11.5 Å². The van der Waals surface area contributed by atoms with Crippen molar-refractivity contribution in [3.8, 4) is 11.5 Å². The molecule has 1 aliphatic carbocycles. The van der Waals surface area contributed by atoms with E-state index in [1.165, 1.54) is 32.1 Å². The van der Waals surface area contributed by atoms with E-state index in [4.69, 9.17) is 14.6 Å². The molecular formula is C37H51NO4. The highest BCUT2D eigenvalue weighted by Crippen LogP contribution is 2.29. The van der Waals surface area contributed by atoms with Crippen molar-refractivity contribution >= 4 is 11.6 Å². The Bertz CT molecular complexity index is 1170. The Hall–Kier alpha value is -3.31. The molecule has 2 aromatic carbocycles. The highest BCUT2D eigenvalue weighted by atomic mass is 16.5. The predicted molar refractivity (Wildman–Crippen MR) is 174 cm³/mol. The van der Waals surface area contributed by atoms with Crippen molar-refractivity contribution < 1.29 is 19.4 Å². The molecule has 0 saturated heterocycles. The average molecular weight is 574 g/mol. The SMILES string of the molecule is C=C(/C=C\C(=C/CC)C(Cc1ccc(OCCCO)cc1)C(=O)Nc1ccc(OCC2CCCCC2)cc1)C(C)(C)C. The average Bonchev–Trinajstić information content (AvgIpc) is 2.98. The second kappa shape index (κ2) is 17.0. The van der Waals surface area contributed by atoms with Crippen molar-refractivity contribution in [1.29, 1.82) is 0 Å². The largest absolute Gasteiger partial charge is 0.494 e. The fraction of sp³-hybridized carbons (Fsp3) is 0.486. The lowest BCUT2D eigenvalue weighted by atomic mass is 9.85. The van der Waals surface area contributed by atoms with Crippen LogP contribution in [0.3, 0.4) is 0 Å². The number of hydrogen-bond acceptors (Lipinski definition) is 4. The third kappa shape index (κ3) is 11.2. The number of rotatable bonds is 15. The fourth-order valence-corrected chi connectivity index (χ4v) is 5.01. The first-order valence-electron chi connectivity index (χ1n) is 15.6. The van der Waals surface area contributed by atoms with Crippen molar-refractivity contribution in [2.24, 2.45) is 17.3 Å². The molecule has 5 heteroatoms. The van der Waals surface area contributed by atoms with Gasteiger partial charge in [-0.1, -0.05) is 83.9 Å². The van der Waals surface area contributed by atoms with Crippen molar-refractivity contribution in [3.63, 3.8) is 0 Å². The standard InChI is InChI=1S/C37H51NO4/c1-6-11-31(17-14-28(2)37(3,4)5)35(26-29-15-20-33(21-16-29)41-25-10-24-39)36(40)38-32-18-22-34(23-19-32)42-27-30-12-8-7-9-13-30/h11,14-23,30,35,39H,2,6-10,12-13,24-27H2,1,3-5H3,(H,38,40)/b17-14-,31-11+. The summed E-state index contributed by atoms with van der Waals surface area (Å²) in [5.74, 6) is 1.79. The Morgan fingerprint density at radius 2 is 1.64 bits per heavy atom. The molecule has 0 aromatic heterocycles. The third-order valence-corrected chi connectivity index (χ3v) is 7.87. The summed E-state index contributed by atoms with van der Waals surface area (Å²) >= 11 is 0. The second-order valence-electron chi connectivity index (χ2n) is 12.4. The van der Waals surface area contributed by atoms with E-state index in [2.05, 4.69) is 51.7 Å². The summed E-state index contributed by atoms with van der Waals surface area (Å²) in [5.41, 5.74) is 3.72. The molecule has 1 atom stereocenters. The summed E-state index contributed by atoms with van der Waals surface area (Å²) in [6, 6.07) is 15.6. The van der Waals surface area contributed by atoms with Crippen LogP contribution in [0.1, 0.15) is 78.2 Å². The van der Waals surface area contributed by atoms with Crippen LogP contribution in [0, 0.1) is 17.3 Å². The number of aliphatic hydroxyl groups is 1. The molecule has 0 aliphatic heterocycles. The Kier molecular flexibility index (Phi) is 13.4. The van der Waals surface area contributed by atoms with Gasteiger partial charge in [0.15, 0.2) is 0 Å². The van der Waals surface area contributed by atoms with Crippen LogP contribution in [-0.2, 0) is 11.2 Å². The van der Waals surface area contributed by atoms with E-state index in [-0.39, 0.29) is 17.9 Å². The minimum atomic E-state index is -0.391. The zero-order chi connectivity index (χ0) is 30.4. The molecule has 0 heterocycles. The van der Waals surface area contributed by atoms with Crippen molar-refractivity contribution in [2.75, 3.05) is 25.1 Å². The van der Waals surface area contributed by atoms with E-state index >= 15 is 0 Å². The number of ether oxygens (including phenoxy) is 2. The summed E-state index contributed by atoms with van der Waals surface area (Å²) in [6.07, 6.45) is 14.6. The van der Waals surface area contributed by atoms with Gasteiger partial charge in [-0.05, 0) is 90.1 Å². The van der Waals surface area contributed by atoms with E-state index in [1.807, 2.05) is 54.6 Å². The van der Waals surface area contributed by atoms with E-state index in [0.717, 1.165) is 46.9 Å². The van der Waals surface area contributed by atoms with Gasteiger partial charge in [-0.25, -0.2) is 0 Å². The van der Waals surface area contributed by atoms with E-state index in [1.54, 1.807) is 0 Å². The first-order valence-corrected chi connectivity index (χ1v) is 15.6. The van der Waals surface area contributed by atoms with Gasteiger partial charge in [-0.3, -0.25) is 4.79 Å². The normalized spacial score (nSPS) is 15.4. The number of aliphatic hydroxyl groups excluding tert-OH is 1. The molecule has 42 heavy (non-hydrogen) atoms. The maximum Gasteiger partial charge on any atom is 0.232 e. The molecule has 5 nitrogen and oxygen atoms in total. The number of allylic oxidation sites excluding steroid dienone is 4. The number of amides is 1. The lowest BCUT2D eigenvalue weighted by molar-refractivity contribution is -0.118. The summed E-state index contributed by atoms with van der Waals surface area (Å²) in [6.45, 7) is 14.1. The number of anilines is 1. The van der Waals surface area contributed by atoms with Gasteiger partial charge in [0, 0.05) is 18.7 Å². The molecule has 1 unspecified atom stereocenters. The zero-order valence-corrected chi connectivity index (χ0v) is 26.2. The predicted octanol–water partition coefficient (Wildman–Crippen LogP) is 8.70. The quantitative estimate of drug-likeness (QED) is 0.165. The van der Waals surface area contributed by atoms with Gasteiger partial charge in [0.05, 0.1) is 19.1 Å². The number of nitrogens with one attached hydrogen (secondary N) is 1. The first-order chi connectivity index (χ1) is 20.2. The Balaban J connectivity index is 1.76. The highest BCUT2D eigenvalue weighted by molar-refractivity contribution is 5.95. The van der Waals surface area contributed by atoms with Gasteiger partial charge in [0.1, 0.15) is 11.5 Å². The molecule has 1 aliphatic rings. The molecule has 1 saturated carbocycles. The van der Waals surface area contributed by atoms with Crippen molar-refractivity contribution in [1.82, 2.24) is 0 Å². The lowest BCUT2D eigenvalue weighted by Crippen LogP contribution is -2.26. The fourth-order valence-electron chi connectivity index (χ4n) is 5.01. The van der Waals surface area contributed by atoms with Crippen molar-refractivity contribution in [3.05, 3.63) is 90.0 Å². The summed E-state index contributed by atoms with van der Waals surface area (Å²) in [7, 11) is 0. The number of hydrogen-bond donors (Lipinski definition) is 2. The zero-order valence-electron chi connectivity index (χ0n) is 26.2. The number of carbonyl (C=O) groups excluding carboxylic acids is 1. The topological polar surface area (TPSA) is 67.8 Å². The minimum absolute atomic E-state index is 0.0557. The first kappa shape index (κ1) is 33.2. The van der Waals surface area contributed by atoms with Crippen LogP contribution in [0.15, 0.2) is 84.5 Å². The van der Waals surface area contributed by atoms with Gasteiger partial charge in [0.25, 0.3) is 0 Å². The third-order valence-electron chi connectivity index (χ3n) is 7.87. The van der Waals surface area contributed by atoms with Crippen LogP contribution in [0.25, 0.3) is 0 Å². The molecule has 0 bridgehead atoms. The lowest BCUT2D eigenvalue weighted by Gasteiger charge is -2.22. The van der Waals surface area contributed by atoms with Gasteiger partial charge < -0.3 is 19.9 Å². The van der Waals surface area contributed by atoms with E-state index < -0.39 is 5.92 Å². The Labute approximate surface area is 253 Å².